The van der Waals surface area contributed by atoms with Crippen molar-refractivity contribution >= 4 is 39.1 Å². The van der Waals surface area contributed by atoms with Crippen molar-refractivity contribution < 1.29 is 23.9 Å². The summed E-state index contributed by atoms with van der Waals surface area (Å²) in [5, 5.41) is 0.667. The van der Waals surface area contributed by atoms with E-state index in [-0.39, 0.29) is 22.8 Å². The molecule has 3 aromatic carbocycles. The normalized spacial score (nSPS) is 10.6. The zero-order valence-electron chi connectivity index (χ0n) is 16.0. The molecule has 0 bridgehead atoms. The summed E-state index contributed by atoms with van der Waals surface area (Å²) in [7, 11) is 0. The van der Waals surface area contributed by atoms with Crippen LogP contribution in [0, 0.1) is 0 Å². The van der Waals surface area contributed by atoms with E-state index < -0.39 is 11.9 Å². The highest BCUT2D eigenvalue weighted by atomic mass is 32.1. The van der Waals surface area contributed by atoms with Gasteiger partial charge in [0, 0.05) is 22.6 Å². The Labute approximate surface area is 176 Å². The lowest BCUT2D eigenvalue weighted by Crippen LogP contribution is -2.13. The third kappa shape index (κ3) is 3.86. The number of rotatable bonds is 5. The summed E-state index contributed by atoms with van der Waals surface area (Å²) in [6.45, 7) is 1.26. The summed E-state index contributed by atoms with van der Waals surface area (Å²) in [5.41, 5.74) is 0.600. The van der Waals surface area contributed by atoms with E-state index in [9.17, 15) is 14.4 Å². The van der Waals surface area contributed by atoms with Gasteiger partial charge in [0.05, 0.1) is 0 Å². The van der Waals surface area contributed by atoms with Gasteiger partial charge in [-0.2, -0.15) is 0 Å². The van der Waals surface area contributed by atoms with Gasteiger partial charge in [-0.3, -0.25) is 9.59 Å². The molecule has 0 fully saturated rings. The number of benzene rings is 3. The van der Waals surface area contributed by atoms with Gasteiger partial charge in [-0.25, -0.2) is 4.79 Å². The van der Waals surface area contributed by atoms with E-state index in [1.54, 1.807) is 42.5 Å². The zero-order chi connectivity index (χ0) is 21.1. The van der Waals surface area contributed by atoms with Gasteiger partial charge in [-0.15, -0.1) is 11.3 Å². The van der Waals surface area contributed by atoms with Crippen LogP contribution in [0.1, 0.15) is 32.5 Å². The molecule has 0 spiro atoms. The molecule has 6 heteroatoms. The van der Waals surface area contributed by atoms with Crippen molar-refractivity contribution in [3.05, 3.63) is 94.9 Å². The number of ketones is 1. The van der Waals surface area contributed by atoms with Crippen LogP contribution in [-0.4, -0.2) is 17.7 Å². The summed E-state index contributed by atoms with van der Waals surface area (Å²) in [5.74, 6) is -1.18. The number of ether oxygens (including phenoxy) is 2. The van der Waals surface area contributed by atoms with Gasteiger partial charge >= 0.3 is 11.9 Å². The first-order valence-corrected chi connectivity index (χ1v) is 9.97. The molecule has 4 rings (SSSR count). The van der Waals surface area contributed by atoms with Crippen molar-refractivity contribution in [2.75, 3.05) is 0 Å². The molecule has 148 valence electrons. The third-order valence-corrected chi connectivity index (χ3v) is 5.50. The van der Waals surface area contributed by atoms with E-state index in [0.29, 0.717) is 15.8 Å². The number of hydrogen-bond donors (Lipinski definition) is 0. The Morgan fingerprint density at radius 1 is 0.767 bits per heavy atom. The van der Waals surface area contributed by atoms with Crippen molar-refractivity contribution in [3.8, 4) is 11.5 Å². The molecular formula is C24H16O5S. The monoisotopic (exact) mass is 416 g/mol. The predicted molar refractivity (Wildman–Crippen MR) is 114 cm³/mol. The van der Waals surface area contributed by atoms with Crippen LogP contribution < -0.4 is 9.47 Å². The predicted octanol–water partition coefficient (Wildman–Crippen LogP) is 5.28. The van der Waals surface area contributed by atoms with Crippen molar-refractivity contribution in [2.45, 2.75) is 6.92 Å². The van der Waals surface area contributed by atoms with Crippen molar-refractivity contribution in [1.29, 1.82) is 0 Å². The average Bonchev–Trinajstić information content (AvgIpc) is 3.12. The number of carbonyl (C=O) groups excluding carboxylic acids is 3. The minimum atomic E-state index is -0.711. The van der Waals surface area contributed by atoms with Crippen LogP contribution in [0.3, 0.4) is 0 Å². The van der Waals surface area contributed by atoms with Crippen LogP contribution in [-0.2, 0) is 4.79 Å². The molecule has 0 saturated heterocycles. The summed E-state index contributed by atoms with van der Waals surface area (Å²) in [6, 6.07) is 22.5. The van der Waals surface area contributed by atoms with Crippen LogP contribution in [0.15, 0.2) is 78.9 Å². The number of carbonyl (C=O) groups is 3. The lowest BCUT2D eigenvalue weighted by molar-refractivity contribution is -0.131. The Kier molecular flexibility index (Phi) is 5.41. The second kappa shape index (κ2) is 8.31. The Morgan fingerprint density at radius 3 is 2.20 bits per heavy atom. The largest absolute Gasteiger partial charge is 0.426 e. The molecule has 0 saturated carbocycles. The zero-order valence-corrected chi connectivity index (χ0v) is 16.8. The summed E-state index contributed by atoms with van der Waals surface area (Å²) >= 11 is 1.27. The fourth-order valence-corrected chi connectivity index (χ4v) is 4.11. The first-order chi connectivity index (χ1) is 14.5. The minimum absolute atomic E-state index is 0.0982. The summed E-state index contributed by atoms with van der Waals surface area (Å²) in [4.78, 5) is 37.8. The van der Waals surface area contributed by atoms with Crippen LogP contribution in [0.2, 0.25) is 0 Å². The number of para-hydroxylation sites is 1. The van der Waals surface area contributed by atoms with Gasteiger partial charge in [-0.1, -0.05) is 54.6 Å². The van der Waals surface area contributed by atoms with E-state index in [1.165, 1.54) is 30.4 Å². The maximum Gasteiger partial charge on any atom is 0.347 e. The average molecular weight is 416 g/mol. The first-order valence-electron chi connectivity index (χ1n) is 9.15. The van der Waals surface area contributed by atoms with Gasteiger partial charge in [0.15, 0.2) is 5.75 Å². The van der Waals surface area contributed by atoms with Crippen LogP contribution in [0.5, 0.6) is 11.5 Å². The van der Waals surface area contributed by atoms with E-state index in [4.69, 9.17) is 9.47 Å². The Balaban J connectivity index is 1.77. The maximum absolute atomic E-state index is 13.1. The number of hydrogen-bond acceptors (Lipinski definition) is 6. The van der Waals surface area contributed by atoms with Gasteiger partial charge in [0.2, 0.25) is 5.78 Å². The van der Waals surface area contributed by atoms with Gasteiger partial charge in [-0.05, 0) is 24.3 Å². The molecule has 1 aromatic heterocycles. The molecule has 0 aliphatic heterocycles. The van der Waals surface area contributed by atoms with Crippen molar-refractivity contribution in [1.82, 2.24) is 0 Å². The molecule has 0 N–H and O–H groups in total. The second-order valence-electron chi connectivity index (χ2n) is 6.43. The highest BCUT2D eigenvalue weighted by Crippen LogP contribution is 2.39. The van der Waals surface area contributed by atoms with Crippen LogP contribution in [0.25, 0.3) is 10.1 Å². The van der Waals surface area contributed by atoms with E-state index in [2.05, 4.69) is 0 Å². The van der Waals surface area contributed by atoms with Crippen LogP contribution in [0.4, 0.5) is 0 Å². The van der Waals surface area contributed by atoms with E-state index in [1.807, 2.05) is 24.3 Å². The van der Waals surface area contributed by atoms with E-state index >= 15 is 0 Å². The number of esters is 2. The van der Waals surface area contributed by atoms with Crippen molar-refractivity contribution in [3.63, 3.8) is 0 Å². The fraction of sp³-hybridized carbons (Fsp3) is 0.0417. The highest BCUT2D eigenvalue weighted by Gasteiger charge is 2.25. The van der Waals surface area contributed by atoms with Gasteiger partial charge < -0.3 is 9.47 Å². The van der Waals surface area contributed by atoms with Gasteiger partial charge in [0.1, 0.15) is 16.2 Å². The fourth-order valence-electron chi connectivity index (χ4n) is 3.02. The highest BCUT2D eigenvalue weighted by molar-refractivity contribution is 7.21. The topological polar surface area (TPSA) is 69.7 Å². The molecular weight excluding hydrogens is 400 g/mol. The molecule has 0 unspecified atom stereocenters. The minimum Gasteiger partial charge on any atom is -0.426 e. The summed E-state index contributed by atoms with van der Waals surface area (Å²) < 4.78 is 11.7. The molecule has 0 atom stereocenters. The van der Waals surface area contributed by atoms with E-state index in [0.717, 1.165) is 4.70 Å². The quantitative estimate of drug-likeness (QED) is 0.252. The molecule has 1 heterocycles. The Hall–Kier alpha value is -3.77. The molecule has 30 heavy (non-hydrogen) atoms. The molecule has 0 aliphatic carbocycles. The number of fused-ring (bicyclic) bond motifs is 1. The first kappa shape index (κ1) is 19.5. The molecule has 5 nitrogen and oxygen atoms in total. The lowest BCUT2D eigenvalue weighted by atomic mass is 10.1. The van der Waals surface area contributed by atoms with Crippen LogP contribution >= 0.6 is 11.3 Å². The summed E-state index contributed by atoms with van der Waals surface area (Å²) in [6.07, 6.45) is 0. The second-order valence-corrected chi connectivity index (χ2v) is 7.48. The lowest BCUT2D eigenvalue weighted by Gasteiger charge is -2.10. The maximum atomic E-state index is 13.1. The molecule has 0 aliphatic rings. The van der Waals surface area contributed by atoms with Gasteiger partial charge in [0.25, 0.3) is 0 Å². The third-order valence-electron chi connectivity index (χ3n) is 4.35. The number of thiophene rings is 1. The Morgan fingerprint density at radius 2 is 1.43 bits per heavy atom. The van der Waals surface area contributed by atoms with Crippen molar-refractivity contribution in [2.24, 2.45) is 0 Å². The molecule has 4 aromatic rings. The molecule has 0 amide bonds. The standard InChI is InChI=1S/C24H16O5S/c1-15(25)28-19-13-7-5-11-17(19)24(27)29-22-18-12-6-8-14-20(18)30-23(22)21(26)16-9-3-2-4-10-16/h2-14H,1H3. The molecule has 0 radical (unpaired) electrons. The Bertz CT molecular complexity index is 1260. The smallest absolute Gasteiger partial charge is 0.347 e. The SMILES string of the molecule is CC(=O)Oc1ccccc1C(=O)Oc1c(C(=O)c2ccccc2)sc2ccccc12.